The van der Waals surface area contributed by atoms with Crippen molar-refractivity contribution in [1.82, 2.24) is 30.5 Å². The van der Waals surface area contributed by atoms with Crippen LogP contribution in [0.1, 0.15) is 48.4 Å². The fourth-order valence-corrected chi connectivity index (χ4v) is 3.34. The summed E-state index contributed by atoms with van der Waals surface area (Å²) >= 11 is 0. The first-order chi connectivity index (χ1) is 18.4. The maximum atomic E-state index is 12.4. The number of carbonyl (C=O) groups excluding carboxylic acids is 2. The van der Waals surface area contributed by atoms with Gasteiger partial charge < -0.3 is 20.5 Å². The molecule has 11 nitrogen and oxygen atoms in total. The van der Waals surface area contributed by atoms with Crippen molar-refractivity contribution in [2.75, 3.05) is 18.5 Å². The number of ether oxygens (including phenoxy) is 1. The molecule has 0 atom stereocenters. The van der Waals surface area contributed by atoms with E-state index in [-0.39, 0.29) is 30.4 Å². The Bertz CT molecular complexity index is 1250. The zero-order valence-corrected chi connectivity index (χ0v) is 21.5. The molecule has 0 saturated heterocycles. The minimum atomic E-state index is -4.81. The van der Waals surface area contributed by atoms with E-state index >= 15 is 0 Å². The van der Waals surface area contributed by atoms with Crippen molar-refractivity contribution in [3.05, 3.63) is 59.5 Å². The van der Waals surface area contributed by atoms with Crippen molar-refractivity contribution in [2.24, 2.45) is 5.41 Å². The lowest BCUT2D eigenvalue weighted by atomic mass is 9.95. The van der Waals surface area contributed by atoms with Gasteiger partial charge in [0.2, 0.25) is 5.91 Å². The summed E-state index contributed by atoms with van der Waals surface area (Å²) in [7, 11) is 0. The summed E-state index contributed by atoms with van der Waals surface area (Å²) in [4.78, 5) is 24.4. The highest BCUT2D eigenvalue weighted by Gasteiger charge is 2.31. The highest BCUT2D eigenvalue weighted by Crippen LogP contribution is 2.23. The second-order valence-electron chi connectivity index (χ2n) is 9.66. The minimum Gasteiger partial charge on any atom is -0.406 e. The molecule has 0 bridgehead atoms. The number of halogens is 3. The number of amides is 2. The van der Waals surface area contributed by atoms with E-state index in [2.05, 4.69) is 35.9 Å². The molecular formula is C25H30F3N7O4. The number of aromatic nitrogens is 5. The Kier molecular flexibility index (Phi) is 9.93. The maximum Gasteiger partial charge on any atom is 0.573 e. The van der Waals surface area contributed by atoms with Crippen molar-refractivity contribution in [1.29, 1.82) is 0 Å². The van der Waals surface area contributed by atoms with Gasteiger partial charge in [0.05, 0.1) is 18.3 Å². The van der Waals surface area contributed by atoms with Crippen LogP contribution in [-0.4, -0.2) is 61.6 Å². The first-order valence-corrected chi connectivity index (χ1v) is 12.2. The van der Waals surface area contributed by atoms with Gasteiger partial charge >= 0.3 is 6.36 Å². The van der Waals surface area contributed by atoms with E-state index in [4.69, 9.17) is 0 Å². The van der Waals surface area contributed by atoms with Gasteiger partial charge in [-0.15, -0.1) is 23.4 Å². The van der Waals surface area contributed by atoms with E-state index in [1.54, 1.807) is 23.0 Å². The number of aliphatic hydroxyl groups is 1. The van der Waals surface area contributed by atoms with Crippen molar-refractivity contribution >= 4 is 17.6 Å². The standard InChI is InChI=1S/C25H30F3N7O4/c1-24(2,16-36)15-29-23(38)20-14-35(34-32-20)11-4-3-7-18-9-10-21(33-31-18)30-22(37)13-17-6-5-8-19(12-17)39-25(26,27)28/h5-6,8-10,12,14,36H,3-4,7,11,13,15-16H2,1-2H3,(H,29,38)(H,30,33,37). The number of unbranched alkanes of at least 4 members (excludes halogenated alkanes) is 1. The molecule has 0 aliphatic heterocycles. The van der Waals surface area contributed by atoms with E-state index in [9.17, 15) is 27.9 Å². The first-order valence-electron chi connectivity index (χ1n) is 12.2. The third kappa shape index (κ3) is 10.3. The molecule has 0 aliphatic carbocycles. The molecule has 0 spiro atoms. The maximum absolute atomic E-state index is 12.4. The van der Waals surface area contributed by atoms with Crippen molar-refractivity contribution in [3.8, 4) is 5.75 Å². The quantitative estimate of drug-likeness (QED) is 0.276. The van der Waals surface area contributed by atoms with E-state index in [0.717, 1.165) is 30.7 Å². The van der Waals surface area contributed by atoms with Crippen molar-refractivity contribution < 1.29 is 32.6 Å². The van der Waals surface area contributed by atoms with Gasteiger partial charge in [0.1, 0.15) is 5.75 Å². The fraction of sp³-hybridized carbons (Fsp3) is 0.440. The molecule has 210 valence electrons. The number of hydrogen-bond donors (Lipinski definition) is 3. The molecule has 14 heteroatoms. The van der Waals surface area contributed by atoms with Gasteiger partial charge in [-0.3, -0.25) is 14.3 Å². The number of nitrogens with zero attached hydrogens (tertiary/aromatic N) is 5. The Hall–Kier alpha value is -4.07. The lowest BCUT2D eigenvalue weighted by Crippen LogP contribution is -2.36. The highest BCUT2D eigenvalue weighted by molar-refractivity contribution is 5.92. The van der Waals surface area contributed by atoms with Crippen LogP contribution in [0.25, 0.3) is 0 Å². The average Bonchev–Trinajstić information content (AvgIpc) is 3.34. The Morgan fingerprint density at radius 1 is 1.08 bits per heavy atom. The molecule has 0 unspecified atom stereocenters. The molecule has 0 radical (unpaired) electrons. The van der Waals surface area contributed by atoms with Crippen LogP contribution in [0.2, 0.25) is 0 Å². The van der Waals surface area contributed by atoms with E-state index in [1.165, 1.54) is 12.1 Å². The van der Waals surface area contributed by atoms with Gasteiger partial charge in [-0.05, 0) is 49.1 Å². The number of aliphatic hydroxyl groups excluding tert-OH is 1. The second kappa shape index (κ2) is 13.1. The molecule has 2 amide bonds. The number of benzene rings is 1. The van der Waals surface area contributed by atoms with Crippen LogP contribution in [0.5, 0.6) is 5.75 Å². The molecule has 39 heavy (non-hydrogen) atoms. The van der Waals surface area contributed by atoms with Crippen LogP contribution < -0.4 is 15.4 Å². The van der Waals surface area contributed by atoms with Crippen molar-refractivity contribution in [2.45, 2.75) is 52.4 Å². The van der Waals surface area contributed by atoms with Crippen molar-refractivity contribution in [3.63, 3.8) is 0 Å². The van der Waals surface area contributed by atoms with Crippen LogP contribution >= 0.6 is 0 Å². The van der Waals surface area contributed by atoms with Gasteiger partial charge in [0.25, 0.3) is 5.91 Å². The summed E-state index contributed by atoms with van der Waals surface area (Å²) in [5.74, 6) is -0.985. The normalized spacial score (nSPS) is 11.7. The summed E-state index contributed by atoms with van der Waals surface area (Å²) in [6, 6.07) is 8.53. The van der Waals surface area contributed by atoms with Gasteiger partial charge in [-0.25, -0.2) is 0 Å². The Morgan fingerprint density at radius 2 is 1.87 bits per heavy atom. The molecule has 3 aromatic rings. The van der Waals surface area contributed by atoms with Gasteiger partial charge in [-0.1, -0.05) is 31.2 Å². The average molecular weight is 550 g/mol. The third-order valence-corrected chi connectivity index (χ3v) is 5.48. The lowest BCUT2D eigenvalue weighted by Gasteiger charge is -2.21. The van der Waals surface area contributed by atoms with Crippen LogP contribution in [0.15, 0.2) is 42.6 Å². The summed E-state index contributed by atoms with van der Waals surface area (Å²) in [5, 5.41) is 30.5. The van der Waals surface area contributed by atoms with E-state index < -0.39 is 23.4 Å². The predicted octanol–water partition coefficient (Wildman–Crippen LogP) is 2.92. The predicted molar refractivity (Wildman–Crippen MR) is 134 cm³/mol. The third-order valence-electron chi connectivity index (χ3n) is 5.48. The molecule has 0 saturated carbocycles. The molecule has 3 N–H and O–H groups in total. The SMILES string of the molecule is CC(C)(CO)CNC(=O)c1cn(CCCCc2ccc(NC(=O)Cc3cccc(OC(F)(F)F)c3)nn2)nn1. The fourth-order valence-electron chi connectivity index (χ4n) is 3.34. The van der Waals surface area contributed by atoms with Crippen LogP contribution in [0, 0.1) is 5.41 Å². The zero-order valence-electron chi connectivity index (χ0n) is 21.5. The van der Waals surface area contributed by atoms with Gasteiger partial charge in [0, 0.05) is 25.1 Å². The number of carbonyl (C=O) groups is 2. The largest absolute Gasteiger partial charge is 0.573 e. The highest BCUT2D eigenvalue weighted by atomic mass is 19.4. The van der Waals surface area contributed by atoms with E-state index in [1.807, 2.05) is 13.8 Å². The minimum absolute atomic E-state index is 0.0517. The topological polar surface area (TPSA) is 144 Å². The Morgan fingerprint density at radius 3 is 2.56 bits per heavy atom. The smallest absolute Gasteiger partial charge is 0.406 e. The molecule has 0 aliphatic rings. The molecule has 0 fully saturated rings. The van der Waals surface area contributed by atoms with Crippen LogP contribution in [0.4, 0.5) is 19.0 Å². The van der Waals surface area contributed by atoms with Crippen LogP contribution in [-0.2, 0) is 24.2 Å². The van der Waals surface area contributed by atoms with Gasteiger partial charge in [-0.2, -0.15) is 5.10 Å². The van der Waals surface area contributed by atoms with Crippen LogP contribution in [0.3, 0.4) is 0 Å². The zero-order chi connectivity index (χ0) is 28.5. The number of hydrogen-bond acceptors (Lipinski definition) is 8. The summed E-state index contributed by atoms with van der Waals surface area (Å²) in [6.07, 6.45) is -1.26. The number of anilines is 1. The number of rotatable bonds is 13. The molecule has 3 rings (SSSR count). The summed E-state index contributed by atoms with van der Waals surface area (Å²) in [5.41, 5.74) is 0.845. The summed E-state index contributed by atoms with van der Waals surface area (Å²) < 4.78 is 42.6. The van der Waals surface area contributed by atoms with Gasteiger partial charge in [0.15, 0.2) is 11.5 Å². The molecular weight excluding hydrogens is 519 g/mol. The molecule has 2 aromatic heterocycles. The first kappa shape index (κ1) is 29.5. The summed E-state index contributed by atoms with van der Waals surface area (Å²) in [6.45, 7) is 4.49. The Balaban J connectivity index is 1.39. The monoisotopic (exact) mass is 549 g/mol. The molecule has 1 aromatic carbocycles. The second-order valence-corrected chi connectivity index (χ2v) is 9.66. The van der Waals surface area contributed by atoms with E-state index in [0.29, 0.717) is 25.1 Å². The number of nitrogens with one attached hydrogen (secondary N) is 2. The Labute approximate surface area is 222 Å². The lowest BCUT2D eigenvalue weighted by molar-refractivity contribution is -0.274. The number of alkyl halides is 3. The number of aryl methyl sites for hydroxylation is 2. The molecule has 2 heterocycles.